The highest BCUT2D eigenvalue weighted by molar-refractivity contribution is 9.10. The van der Waals surface area contributed by atoms with Crippen LogP contribution in [0.1, 0.15) is 5.56 Å². The van der Waals surface area contributed by atoms with Gasteiger partial charge in [0.05, 0.1) is 5.44 Å². The van der Waals surface area contributed by atoms with E-state index in [0.29, 0.717) is 0 Å². The smallest absolute Gasteiger partial charge is 0.0766 e. The Bertz CT molecular complexity index is 298. The summed E-state index contributed by atoms with van der Waals surface area (Å²) in [6.45, 7) is 3.93. The van der Waals surface area contributed by atoms with E-state index in [-0.39, 0.29) is 0 Å². The fourth-order valence-corrected chi connectivity index (χ4v) is 1.65. The van der Waals surface area contributed by atoms with Crippen molar-refractivity contribution in [3.8, 4) is 0 Å². The van der Waals surface area contributed by atoms with E-state index in [4.69, 9.17) is 5.16 Å². The topological polar surface area (TPSA) is 36.7 Å². The summed E-state index contributed by atoms with van der Waals surface area (Å²) < 4.78 is 1.02. The summed E-state index contributed by atoms with van der Waals surface area (Å²) in [5.74, 6) is 0. The standard InChI is InChI=1S/C7H10BrN2P/c1-5-3-7(11(2)9)10-4-6(5)8/h3-4,9,11H,1-2H3. The number of aromatic nitrogens is 1. The van der Waals surface area contributed by atoms with E-state index < -0.39 is 7.71 Å². The molecule has 0 radical (unpaired) electrons. The molecular weight excluding hydrogens is 223 g/mol. The van der Waals surface area contributed by atoms with Crippen molar-refractivity contribution in [2.45, 2.75) is 6.92 Å². The molecule has 1 unspecified atom stereocenters. The molecule has 2 nitrogen and oxygen atoms in total. The SMILES string of the molecule is Cc1cc([PH](C)=N)ncc1Br. The van der Waals surface area contributed by atoms with Gasteiger partial charge in [0.2, 0.25) is 0 Å². The Balaban J connectivity index is 3.15. The molecule has 0 aliphatic carbocycles. The lowest BCUT2D eigenvalue weighted by atomic mass is 10.3. The third-order valence-electron chi connectivity index (χ3n) is 1.43. The van der Waals surface area contributed by atoms with Crippen LogP contribution in [0.3, 0.4) is 0 Å². The molecule has 1 N–H and O–H groups in total. The van der Waals surface area contributed by atoms with Crippen molar-refractivity contribution in [1.29, 1.82) is 5.16 Å². The van der Waals surface area contributed by atoms with Crippen LogP contribution in [0, 0.1) is 12.1 Å². The van der Waals surface area contributed by atoms with Crippen molar-refractivity contribution < 1.29 is 0 Å². The Kier molecular flexibility index (Phi) is 2.85. The minimum Gasteiger partial charge on any atom is -0.316 e. The molecule has 0 aliphatic heterocycles. The molecule has 0 saturated carbocycles. The maximum atomic E-state index is 7.51. The molecule has 0 aromatic carbocycles. The molecule has 1 heterocycles. The zero-order valence-corrected chi connectivity index (χ0v) is 9.07. The van der Waals surface area contributed by atoms with Crippen molar-refractivity contribution in [3.05, 3.63) is 22.3 Å². The van der Waals surface area contributed by atoms with E-state index in [0.717, 1.165) is 15.5 Å². The number of nitrogens with one attached hydrogen (secondary N) is 1. The first-order valence-electron chi connectivity index (χ1n) is 3.29. The van der Waals surface area contributed by atoms with Crippen LogP contribution in [-0.4, -0.2) is 11.6 Å². The van der Waals surface area contributed by atoms with Crippen LogP contribution >= 0.6 is 23.6 Å². The van der Waals surface area contributed by atoms with Gasteiger partial charge in [-0.15, -0.1) is 0 Å². The zero-order chi connectivity index (χ0) is 8.43. The first-order valence-corrected chi connectivity index (χ1v) is 6.08. The average Bonchev–Trinajstić information content (AvgIpc) is 1.94. The summed E-state index contributed by atoms with van der Waals surface area (Å²) in [4.78, 5) is 4.15. The molecule has 1 aromatic rings. The average molecular weight is 233 g/mol. The van der Waals surface area contributed by atoms with E-state index in [1.165, 1.54) is 0 Å². The molecule has 1 aromatic heterocycles. The second-order valence-electron chi connectivity index (χ2n) is 2.44. The van der Waals surface area contributed by atoms with E-state index in [1.54, 1.807) is 6.20 Å². The van der Waals surface area contributed by atoms with Crippen LogP contribution in [0.15, 0.2) is 16.7 Å². The predicted molar refractivity (Wildman–Crippen MR) is 53.3 cm³/mol. The van der Waals surface area contributed by atoms with Gasteiger partial charge >= 0.3 is 0 Å². The van der Waals surface area contributed by atoms with Crippen molar-refractivity contribution in [2.24, 2.45) is 0 Å². The number of pyridine rings is 1. The molecule has 0 spiro atoms. The summed E-state index contributed by atoms with van der Waals surface area (Å²) in [5.41, 5.74) is 2.09. The largest absolute Gasteiger partial charge is 0.316 e. The van der Waals surface area contributed by atoms with Gasteiger partial charge in [-0.25, -0.2) is 0 Å². The summed E-state index contributed by atoms with van der Waals surface area (Å²) in [6, 6.07) is 1.98. The van der Waals surface area contributed by atoms with E-state index in [1.807, 2.05) is 19.7 Å². The Morgan fingerprint density at radius 2 is 2.27 bits per heavy atom. The molecule has 0 fully saturated rings. The van der Waals surface area contributed by atoms with Crippen molar-refractivity contribution in [1.82, 2.24) is 4.98 Å². The molecule has 11 heavy (non-hydrogen) atoms. The quantitative estimate of drug-likeness (QED) is 0.742. The van der Waals surface area contributed by atoms with Crippen LogP contribution in [-0.2, 0) is 0 Å². The van der Waals surface area contributed by atoms with Gasteiger partial charge in [-0.2, -0.15) is 0 Å². The number of hydrogen-bond donors (Lipinski definition) is 1. The Hall–Kier alpha value is -0.140. The van der Waals surface area contributed by atoms with Gasteiger partial charge in [0, 0.05) is 10.7 Å². The first kappa shape index (κ1) is 8.95. The van der Waals surface area contributed by atoms with Gasteiger partial charge < -0.3 is 5.16 Å². The van der Waals surface area contributed by atoms with Gasteiger partial charge in [0.1, 0.15) is 0 Å². The molecule has 0 aliphatic rings. The fourth-order valence-electron chi connectivity index (χ4n) is 0.744. The third kappa shape index (κ3) is 2.14. The number of halogens is 1. The number of hydrogen-bond acceptors (Lipinski definition) is 2. The Morgan fingerprint density at radius 1 is 1.64 bits per heavy atom. The zero-order valence-electron chi connectivity index (χ0n) is 6.48. The van der Waals surface area contributed by atoms with Crippen LogP contribution in [0.25, 0.3) is 0 Å². The highest BCUT2D eigenvalue weighted by Crippen LogP contribution is 2.17. The summed E-state index contributed by atoms with van der Waals surface area (Å²) >= 11 is 3.37. The molecular formula is C7H10BrN2P. The summed E-state index contributed by atoms with van der Waals surface area (Å²) in [6.07, 6.45) is 1.77. The molecule has 0 saturated heterocycles. The number of nitrogens with zero attached hydrogens (tertiary/aromatic N) is 1. The maximum Gasteiger partial charge on any atom is 0.0766 e. The minimum atomic E-state index is -1.13. The lowest BCUT2D eigenvalue weighted by molar-refractivity contribution is 1.30. The molecule has 4 heteroatoms. The third-order valence-corrected chi connectivity index (χ3v) is 3.30. The molecule has 60 valence electrons. The van der Waals surface area contributed by atoms with E-state index >= 15 is 0 Å². The Labute approximate surface area is 75.4 Å². The van der Waals surface area contributed by atoms with Crippen LogP contribution in [0.5, 0.6) is 0 Å². The van der Waals surface area contributed by atoms with Gasteiger partial charge in [0.15, 0.2) is 0 Å². The van der Waals surface area contributed by atoms with E-state index in [2.05, 4.69) is 20.9 Å². The molecule has 0 bridgehead atoms. The van der Waals surface area contributed by atoms with Crippen LogP contribution in [0.4, 0.5) is 0 Å². The molecule has 1 rings (SSSR count). The monoisotopic (exact) mass is 232 g/mol. The van der Waals surface area contributed by atoms with Crippen LogP contribution in [0.2, 0.25) is 0 Å². The second-order valence-corrected chi connectivity index (χ2v) is 5.06. The first-order chi connectivity index (χ1) is 5.11. The number of aryl methyl sites for hydroxylation is 1. The van der Waals surface area contributed by atoms with Crippen LogP contribution < -0.4 is 5.44 Å². The lowest BCUT2D eigenvalue weighted by Gasteiger charge is -2.00. The highest BCUT2D eigenvalue weighted by atomic mass is 79.9. The Morgan fingerprint density at radius 3 is 2.73 bits per heavy atom. The van der Waals surface area contributed by atoms with Crippen molar-refractivity contribution in [2.75, 3.05) is 6.66 Å². The van der Waals surface area contributed by atoms with Crippen molar-refractivity contribution in [3.63, 3.8) is 0 Å². The van der Waals surface area contributed by atoms with E-state index in [9.17, 15) is 0 Å². The van der Waals surface area contributed by atoms with Gasteiger partial charge in [-0.05, 0) is 48.9 Å². The van der Waals surface area contributed by atoms with Crippen molar-refractivity contribution >= 4 is 29.1 Å². The predicted octanol–water partition coefficient (Wildman–Crippen LogP) is 2.38. The molecule has 0 amide bonds. The fraction of sp³-hybridized carbons (Fsp3) is 0.286. The van der Waals surface area contributed by atoms with Gasteiger partial charge in [-0.3, -0.25) is 4.98 Å². The minimum absolute atomic E-state index is 0.927. The second kappa shape index (κ2) is 3.51. The lowest BCUT2D eigenvalue weighted by Crippen LogP contribution is -2.01. The maximum absolute atomic E-state index is 7.51. The normalized spacial score (nSPS) is 13.0. The summed E-state index contributed by atoms with van der Waals surface area (Å²) in [5, 5.41) is 7.51. The number of rotatable bonds is 1. The van der Waals surface area contributed by atoms with Gasteiger partial charge in [-0.1, -0.05) is 0 Å². The summed E-state index contributed by atoms with van der Waals surface area (Å²) in [7, 11) is -1.13. The highest BCUT2D eigenvalue weighted by Gasteiger charge is 1.98. The molecule has 1 atom stereocenters. The van der Waals surface area contributed by atoms with Gasteiger partial charge in [0.25, 0.3) is 0 Å².